The summed E-state index contributed by atoms with van der Waals surface area (Å²) < 4.78 is 29.7. The van der Waals surface area contributed by atoms with E-state index in [0.29, 0.717) is 13.1 Å². The molecule has 6 heteroatoms. The minimum Gasteiger partial charge on any atom is -0.497 e. The van der Waals surface area contributed by atoms with Gasteiger partial charge in [0.15, 0.2) is 0 Å². The molecule has 0 aliphatic heterocycles. The lowest BCUT2D eigenvalue weighted by atomic mass is 10.1. The first-order valence-electron chi connectivity index (χ1n) is 8.93. The predicted octanol–water partition coefficient (Wildman–Crippen LogP) is 5.51. The molecule has 0 saturated carbocycles. The van der Waals surface area contributed by atoms with Crippen molar-refractivity contribution in [3.05, 3.63) is 84.5 Å². The van der Waals surface area contributed by atoms with Gasteiger partial charge in [0.2, 0.25) is 0 Å². The van der Waals surface area contributed by atoms with Crippen molar-refractivity contribution in [3.8, 4) is 5.75 Å². The molecule has 0 heterocycles. The highest BCUT2D eigenvalue weighted by Crippen LogP contribution is 2.62. The van der Waals surface area contributed by atoms with Crippen molar-refractivity contribution in [2.75, 3.05) is 27.9 Å². The van der Waals surface area contributed by atoms with Crippen LogP contribution in [-0.4, -0.2) is 32.8 Å². The maximum Gasteiger partial charge on any atom is 0.351 e. The lowest BCUT2D eigenvalue weighted by Gasteiger charge is -2.35. The standard InChI is InChI=1S/C22H28NO4P/c1-6-15-23(17-18-11-10-13-20(16-18)25-3)22(28(24,26-4)27-5)21-14-9-8-12-19(21)7-2/h6-14,16,22H,1-2,15,17H2,3-5H3. The van der Waals surface area contributed by atoms with E-state index in [0.717, 1.165) is 22.4 Å². The van der Waals surface area contributed by atoms with E-state index in [4.69, 9.17) is 13.8 Å². The Hall–Kier alpha value is -2.17. The molecule has 5 nitrogen and oxygen atoms in total. The van der Waals surface area contributed by atoms with Gasteiger partial charge >= 0.3 is 7.60 Å². The average molecular weight is 401 g/mol. The summed E-state index contributed by atoms with van der Waals surface area (Å²) in [5, 5.41) is 0. The quantitative estimate of drug-likeness (QED) is 0.367. The van der Waals surface area contributed by atoms with Crippen LogP contribution in [0.5, 0.6) is 5.75 Å². The normalized spacial score (nSPS) is 12.6. The van der Waals surface area contributed by atoms with E-state index < -0.39 is 13.4 Å². The molecule has 28 heavy (non-hydrogen) atoms. The molecule has 0 amide bonds. The molecule has 1 atom stereocenters. The number of methoxy groups -OCH3 is 1. The van der Waals surface area contributed by atoms with Crippen molar-refractivity contribution in [1.29, 1.82) is 0 Å². The fraction of sp³-hybridized carbons (Fsp3) is 0.273. The number of ether oxygens (including phenoxy) is 1. The molecule has 0 aromatic heterocycles. The van der Waals surface area contributed by atoms with Crippen LogP contribution in [0.25, 0.3) is 6.08 Å². The lowest BCUT2D eigenvalue weighted by molar-refractivity contribution is 0.194. The molecule has 0 bridgehead atoms. The van der Waals surface area contributed by atoms with Gasteiger partial charge in [0.05, 0.1) is 7.11 Å². The maximum atomic E-state index is 13.6. The van der Waals surface area contributed by atoms with Crippen molar-refractivity contribution >= 4 is 13.7 Å². The minimum atomic E-state index is -3.50. The second kappa shape index (κ2) is 10.4. The molecule has 0 saturated heterocycles. The summed E-state index contributed by atoms with van der Waals surface area (Å²) >= 11 is 0. The summed E-state index contributed by atoms with van der Waals surface area (Å²) in [6.45, 7) is 8.76. The third-order valence-corrected chi connectivity index (χ3v) is 6.75. The Morgan fingerprint density at radius 1 is 1.07 bits per heavy atom. The van der Waals surface area contributed by atoms with Crippen molar-refractivity contribution in [1.82, 2.24) is 4.90 Å². The third kappa shape index (κ3) is 5.00. The van der Waals surface area contributed by atoms with E-state index in [1.165, 1.54) is 14.2 Å². The first kappa shape index (κ1) is 22.1. The molecule has 0 spiro atoms. The van der Waals surface area contributed by atoms with Gasteiger partial charge in [-0.15, -0.1) is 6.58 Å². The molecule has 0 aliphatic rings. The Bertz CT molecular complexity index is 844. The number of hydrogen-bond acceptors (Lipinski definition) is 5. The summed E-state index contributed by atoms with van der Waals surface area (Å²) in [6.07, 6.45) is 3.52. The molecular formula is C22H28NO4P. The Morgan fingerprint density at radius 3 is 2.39 bits per heavy atom. The van der Waals surface area contributed by atoms with Gasteiger partial charge in [0.1, 0.15) is 11.5 Å². The van der Waals surface area contributed by atoms with Gasteiger partial charge in [-0.25, -0.2) is 0 Å². The van der Waals surface area contributed by atoms with Crippen molar-refractivity contribution in [3.63, 3.8) is 0 Å². The van der Waals surface area contributed by atoms with Crippen LogP contribution in [0.3, 0.4) is 0 Å². The summed E-state index contributed by atoms with van der Waals surface area (Å²) in [5.41, 5.74) is 2.72. The predicted molar refractivity (Wildman–Crippen MR) is 114 cm³/mol. The van der Waals surface area contributed by atoms with Crippen molar-refractivity contribution in [2.45, 2.75) is 12.3 Å². The van der Waals surface area contributed by atoms with Gasteiger partial charge in [-0.2, -0.15) is 0 Å². The van der Waals surface area contributed by atoms with E-state index in [1.54, 1.807) is 19.3 Å². The monoisotopic (exact) mass is 401 g/mol. The largest absolute Gasteiger partial charge is 0.497 e. The molecule has 2 aromatic rings. The van der Waals surface area contributed by atoms with Gasteiger partial charge < -0.3 is 13.8 Å². The first-order valence-corrected chi connectivity index (χ1v) is 10.5. The number of rotatable bonds is 11. The van der Waals surface area contributed by atoms with E-state index in [-0.39, 0.29) is 0 Å². The van der Waals surface area contributed by atoms with Crippen LogP contribution in [0.4, 0.5) is 0 Å². The summed E-state index contributed by atoms with van der Waals surface area (Å²) in [4.78, 5) is 2.03. The average Bonchev–Trinajstić information content (AvgIpc) is 2.74. The van der Waals surface area contributed by atoms with E-state index in [1.807, 2.05) is 53.4 Å². The Morgan fingerprint density at radius 2 is 1.79 bits per heavy atom. The van der Waals surface area contributed by atoms with Crippen LogP contribution in [0.1, 0.15) is 22.5 Å². The second-order valence-corrected chi connectivity index (χ2v) is 8.48. The Balaban J connectivity index is 2.57. The van der Waals surface area contributed by atoms with Gasteiger partial charge in [-0.1, -0.05) is 55.1 Å². The molecule has 2 rings (SSSR count). The topological polar surface area (TPSA) is 48.0 Å². The fourth-order valence-corrected chi connectivity index (χ4v) is 4.90. The number of hydrogen-bond donors (Lipinski definition) is 0. The summed E-state index contributed by atoms with van der Waals surface area (Å²) in [7, 11) is 0.953. The Kier molecular flexibility index (Phi) is 8.21. The van der Waals surface area contributed by atoms with Crippen LogP contribution < -0.4 is 4.74 Å². The number of nitrogens with zero attached hydrogens (tertiary/aromatic N) is 1. The van der Waals surface area contributed by atoms with E-state index in [9.17, 15) is 4.57 Å². The van der Waals surface area contributed by atoms with E-state index >= 15 is 0 Å². The zero-order valence-electron chi connectivity index (χ0n) is 16.7. The zero-order chi connectivity index (χ0) is 20.6. The molecule has 0 fully saturated rings. The molecule has 0 aliphatic carbocycles. The van der Waals surface area contributed by atoms with Crippen LogP contribution in [0, 0.1) is 0 Å². The zero-order valence-corrected chi connectivity index (χ0v) is 17.6. The van der Waals surface area contributed by atoms with E-state index in [2.05, 4.69) is 13.2 Å². The van der Waals surface area contributed by atoms with Crippen molar-refractivity contribution < 1.29 is 18.3 Å². The summed E-state index contributed by atoms with van der Waals surface area (Å²) in [6, 6.07) is 15.5. The molecule has 1 unspecified atom stereocenters. The molecule has 0 N–H and O–H groups in total. The smallest absolute Gasteiger partial charge is 0.351 e. The van der Waals surface area contributed by atoms with Gasteiger partial charge in [0, 0.05) is 27.3 Å². The second-order valence-electron chi connectivity index (χ2n) is 6.18. The first-order chi connectivity index (χ1) is 13.5. The maximum absolute atomic E-state index is 13.6. The highest BCUT2D eigenvalue weighted by atomic mass is 31.2. The highest BCUT2D eigenvalue weighted by molar-refractivity contribution is 7.54. The third-order valence-electron chi connectivity index (χ3n) is 4.53. The molecule has 0 radical (unpaired) electrons. The van der Waals surface area contributed by atoms with Gasteiger partial charge in [-0.05, 0) is 28.8 Å². The summed E-state index contributed by atoms with van der Waals surface area (Å²) in [5.74, 6) is 0.140. The van der Waals surface area contributed by atoms with Crippen LogP contribution >= 0.6 is 7.60 Å². The van der Waals surface area contributed by atoms with Gasteiger partial charge in [0.25, 0.3) is 0 Å². The fourth-order valence-electron chi connectivity index (χ4n) is 3.20. The SMILES string of the molecule is C=CCN(Cc1cccc(OC)c1)C(c1ccccc1C=C)P(=O)(OC)OC. The van der Waals surface area contributed by atoms with Crippen LogP contribution in [-0.2, 0) is 20.2 Å². The minimum absolute atomic E-state index is 0.490. The number of benzene rings is 2. The molecule has 2 aromatic carbocycles. The van der Waals surface area contributed by atoms with Crippen LogP contribution in [0.15, 0.2) is 67.8 Å². The lowest BCUT2D eigenvalue weighted by Crippen LogP contribution is -2.30. The van der Waals surface area contributed by atoms with Crippen molar-refractivity contribution in [2.24, 2.45) is 0 Å². The molecule has 150 valence electrons. The molecular weight excluding hydrogens is 373 g/mol. The van der Waals surface area contributed by atoms with Crippen LogP contribution in [0.2, 0.25) is 0 Å². The highest BCUT2D eigenvalue weighted by Gasteiger charge is 2.40. The van der Waals surface area contributed by atoms with Gasteiger partial charge in [-0.3, -0.25) is 9.46 Å². The Labute approximate surface area is 167 Å².